The lowest BCUT2D eigenvalue weighted by Crippen LogP contribution is -2.45. The highest BCUT2D eigenvalue weighted by Gasteiger charge is 2.20. The van der Waals surface area contributed by atoms with E-state index in [0.29, 0.717) is 130 Å². The van der Waals surface area contributed by atoms with Gasteiger partial charge in [0.05, 0.1) is 83.7 Å². The first-order valence-corrected chi connectivity index (χ1v) is 36.3. The molecule has 2 aliphatic heterocycles. The van der Waals surface area contributed by atoms with E-state index < -0.39 is 5.82 Å². The number of hydrogen-bond donors (Lipinski definition) is 6. The van der Waals surface area contributed by atoms with Crippen LogP contribution in [0, 0.1) is 67.9 Å². The Hall–Kier alpha value is -13.7. The lowest BCUT2D eigenvalue weighted by molar-refractivity contribution is 0.101. The van der Waals surface area contributed by atoms with Crippen molar-refractivity contribution in [1.82, 2.24) is 39.7 Å². The van der Waals surface area contributed by atoms with Crippen LogP contribution in [0.5, 0.6) is 17.2 Å². The van der Waals surface area contributed by atoms with E-state index in [1.165, 1.54) is 61.6 Å². The molecule has 0 aliphatic carbocycles. The van der Waals surface area contributed by atoms with E-state index in [-0.39, 0.29) is 29.5 Å². The van der Waals surface area contributed by atoms with Gasteiger partial charge in [-0.15, -0.1) is 0 Å². The molecule has 0 spiro atoms. The highest BCUT2D eigenvalue weighted by atomic mass is 19.1. The number of halogens is 2. The number of nitrogens with zero attached hydrogens (tertiary/aromatic N) is 10. The molecule has 22 nitrogen and oxygen atoms in total. The Morgan fingerprint density at radius 3 is 1.45 bits per heavy atom. The molecule has 3 amide bonds. The van der Waals surface area contributed by atoms with Crippen LogP contribution in [0.1, 0.15) is 101 Å². The molecular weight excluding hydrogens is 1420 g/mol. The predicted octanol–water partition coefficient (Wildman–Crippen LogP) is 13.5. The summed E-state index contributed by atoms with van der Waals surface area (Å²) in [5.74, 6) is 19.6. The molecule has 0 atom stereocenters. The lowest BCUT2D eigenvalue weighted by Gasteiger charge is -2.32. The number of anilines is 8. The van der Waals surface area contributed by atoms with Gasteiger partial charge in [0.2, 0.25) is 11.9 Å². The van der Waals surface area contributed by atoms with Gasteiger partial charge in [-0.25, -0.2) is 28.7 Å². The van der Waals surface area contributed by atoms with Gasteiger partial charge < -0.3 is 67.0 Å². The van der Waals surface area contributed by atoms with E-state index in [4.69, 9.17) is 31.4 Å². The van der Waals surface area contributed by atoms with Gasteiger partial charge in [-0.05, 0) is 211 Å². The number of piperidine rings is 1. The Balaban J connectivity index is 0.000000156. The largest absolute Gasteiger partial charge is 0.493 e. The van der Waals surface area contributed by atoms with Crippen LogP contribution in [0.15, 0.2) is 176 Å². The van der Waals surface area contributed by atoms with Crippen LogP contribution in [-0.4, -0.2) is 145 Å². The molecule has 0 bridgehead atoms. The minimum atomic E-state index is -0.390. The Morgan fingerprint density at radius 2 is 0.955 bits per heavy atom. The van der Waals surface area contributed by atoms with E-state index >= 15 is 0 Å². The third-order valence-corrected chi connectivity index (χ3v) is 18.8. The third-order valence-electron chi connectivity index (χ3n) is 18.8. The molecule has 9 N–H and O–H groups in total. The van der Waals surface area contributed by atoms with Crippen molar-refractivity contribution in [2.24, 2.45) is 0 Å². The number of aryl methyl sites for hydroxylation is 3. The zero-order valence-corrected chi connectivity index (χ0v) is 63.4. The van der Waals surface area contributed by atoms with Crippen LogP contribution in [0.4, 0.5) is 54.8 Å². The van der Waals surface area contributed by atoms with Crippen LogP contribution in [0.3, 0.4) is 0 Å². The molecule has 24 heteroatoms. The number of nitrogens with two attached hydrogens (primary N) is 3. The summed E-state index contributed by atoms with van der Waals surface area (Å²) >= 11 is 0. The number of hydrogen-bond acceptors (Lipinski definition) is 19. The van der Waals surface area contributed by atoms with Crippen molar-refractivity contribution in [3.05, 3.63) is 255 Å². The van der Waals surface area contributed by atoms with Crippen molar-refractivity contribution in [3.8, 4) is 52.8 Å². The van der Waals surface area contributed by atoms with Gasteiger partial charge in [0.1, 0.15) is 29.7 Å². The molecule has 2 fully saturated rings. The molecule has 2 saturated heterocycles. The van der Waals surface area contributed by atoms with Crippen LogP contribution in [0.25, 0.3) is 32.7 Å². The third kappa shape index (κ3) is 19.8. The number of amides is 3. The maximum absolute atomic E-state index is 13.9. The van der Waals surface area contributed by atoms with Crippen molar-refractivity contribution in [1.29, 1.82) is 0 Å². The molecule has 2 aliphatic rings. The number of fused-ring (bicyclic) bond motifs is 3. The van der Waals surface area contributed by atoms with Gasteiger partial charge in [-0.3, -0.25) is 24.4 Å². The monoisotopic (exact) mass is 1500 g/mol. The molecule has 12 aromatic rings. The second kappa shape index (κ2) is 36.0. The number of benzene rings is 8. The molecule has 0 saturated carbocycles. The number of ether oxygens (including phenoxy) is 3. The second-order valence-electron chi connectivity index (χ2n) is 27.2. The molecule has 112 heavy (non-hydrogen) atoms. The first-order valence-electron chi connectivity index (χ1n) is 36.3. The maximum atomic E-state index is 13.9. The Bertz CT molecular complexity index is 5690. The Labute approximate surface area is 648 Å². The summed E-state index contributed by atoms with van der Waals surface area (Å²) in [6, 6.07) is 43.5. The number of likely N-dealkylation sites (N-methyl/N-ethyl adjacent to an activating group) is 2. The number of piperazine rings is 1. The number of methoxy groups -OCH3 is 2. The predicted molar refractivity (Wildman–Crippen MR) is 439 cm³/mol. The zero-order chi connectivity index (χ0) is 79.0. The van der Waals surface area contributed by atoms with Crippen molar-refractivity contribution < 1.29 is 37.4 Å². The fourth-order valence-electron chi connectivity index (χ4n) is 12.3. The summed E-state index contributed by atoms with van der Waals surface area (Å²) < 4.78 is 44.2. The minimum absolute atomic E-state index is 0.0954. The molecule has 0 radical (unpaired) electrons. The molecule has 566 valence electrons. The molecule has 0 unspecified atom stereocenters. The SMILES string of the molecule is COc1cc2nc(N)nc(C#Cc3cc(C(=O)Nc4ccc(OCCN(C)C)cc4)ccc3C)c2cc1OC.Cc1ccc(C(=O)Nc2ccc(N3CCCCC3)cc2)cc1C#Cc1c(N)cnc2ccc(F)cc12.Cc1ccc(C(=O)Nc2cnc(N3CCN(C)CC3)nc2)cc1C#Cc1c(N)cnc2ccc(F)cc12. The van der Waals surface area contributed by atoms with Crippen molar-refractivity contribution in [2.75, 3.05) is 131 Å². The summed E-state index contributed by atoms with van der Waals surface area (Å²) in [4.78, 5) is 73.7. The fourth-order valence-corrected chi connectivity index (χ4v) is 12.3. The number of nitrogen functional groups attached to an aromatic ring is 3. The molecular formula is C88H84F2N16O6. The van der Waals surface area contributed by atoms with Crippen molar-refractivity contribution in [2.45, 2.75) is 40.0 Å². The molecule has 6 heterocycles. The number of nitrogens with one attached hydrogen (secondary N) is 3. The minimum Gasteiger partial charge on any atom is -0.493 e. The van der Waals surface area contributed by atoms with Gasteiger partial charge in [-0.1, -0.05) is 47.8 Å². The first kappa shape index (κ1) is 77.9. The van der Waals surface area contributed by atoms with Crippen LogP contribution in [0.2, 0.25) is 0 Å². The fraction of sp³-hybridized carbons (Fsp3) is 0.216. The average Bonchev–Trinajstić information content (AvgIpc) is 0.768. The summed E-state index contributed by atoms with van der Waals surface area (Å²) in [7, 11) is 9.19. The van der Waals surface area contributed by atoms with Crippen LogP contribution < -0.4 is 57.2 Å². The van der Waals surface area contributed by atoms with Crippen molar-refractivity contribution >= 4 is 96.5 Å². The highest BCUT2D eigenvalue weighted by molar-refractivity contribution is 6.06. The molecule has 4 aromatic heterocycles. The summed E-state index contributed by atoms with van der Waals surface area (Å²) in [5.41, 5.74) is 31.5. The summed E-state index contributed by atoms with van der Waals surface area (Å²) in [6.07, 6.45) is 10.00. The molecule has 14 rings (SSSR count). The van der Waals surface area contributed by atoms with E-state index in [9.17, 15) is 23.2 Å². The standard InChI is InChI=1S/C30H27FN4O.C30H31N5O4.C28H26FN7O/c1-20-5-6-22(30(36)34-24-9-11-25(12-10-24)35-15-3-2-4-16-35)17-21(20)7-13-26-27-18-23(31)8-14-29(27)33-19-28(26)32;1-19-6-7-21(29(36)32-22-9-11-23(12-10-22)39-15-14-35(2)3)16-20(19)8-13-25-24-17-27(37-4)28(38-5)18-26(24)34-30(31)33-25;1-18-3-4-20(27(37)34-22-15-32-28(33-16-22)36-11-9-35(2)10-12-36)13-19(18)5-7-23-24-14-21(29)6-8-26(24)31-17-25(23)30/h5-6,8-12,14,17-19H,2-4,15-16,32H2,1H3,(H,34,36);6-7,9-12,16-18H,14-15H2,1-5H3,(H,32,36)(H2,31,33,34);3-4,6,8,13-17H,9-12,30H2,1-2H3,(H,34,37). The second-order valence-corrected chi connectivity index (χ2v) is 27.2. The molecule has 8 aromatic carbocycles. The van der Waals surface area contributed by atoms with E-state index in [1.54, 1.807) is 87.3 Å². The van der Waals surface area contributed by atoms with E-state index in [1.807, 2.05) is 89.5 Å². The Morgan fingerprint density at radius 1 is 0.482 bits per heavy atom. The number of carbonyl (C=O) groups is 3. The smallest absolute Gasteiger partial charge is 0.255 e. The lowest BCUT2D eigenvalue weighted by atomic mass is 10.0. The quantitative estimate of drug-likeness (QED) is 0.0552. The van der Waals surface area contributed by atoms with Crippen LogP contribution in [-0.2, 0) is 0 Å². The topological polar surface area (TPSA) is 283 Å². The summed E-state index contributed by atoms with van der Waals surface area (Å²) in [6.45, 7) is 13.0. The van der Waals surface area contributed by atoms with Crippen LogP contribution >= 0.6 is 0 Å². The van der Waals surface area contributed by atoms with E-state index in [0.717, 1.165) is 73.9 Å². The van der Waals surface area contributed by atoms with Gasteiger partial charge in [-0.2, -0.15) is 0 Å². The summed E-state index contributed by atoms with van der Waals surface area (Å²) in [5, 5.41) is 10.5. The number of pyridine rings is 2. The number of aromatic nitrogens is 6. The van der Waals surface area contributed by atoms with Gasteiger partial charge >= 0.3 is 0 Å². The van der Waals surface area contributed by atoms with Gasteiger partial charge in [0.15, 0.2) is 11.5 Å². The number of carbonyl (C=O) groups excluding carboxylic acids is 3. The van der Waals surface area contributed by atoms with E-state index in [2.05, 4.69) is 120 Å². The first-order chi connectivity index (χ1) is 54.1. The Kier molecular flexibility index (Phi) is 25.0. The van der Waals surface area contributed by atoms with Gasteiger partial charge in [0.25, 0.3) is 17.7 Å². The average molecular weight is 1500 g/mol. The van der Waals surface area contributed by atoms with Crippen molar-refractivity contribution in [3.63, 3.8) is 0 Å². The number of rotatable bonds is 14. The van der Waals surface area contributed by atoms with Gasteiger partial charge in [0, 0.05) is 118 Å². The zero-order valence-electron chi connectivity index (χ0n) is 63.4. The normalized spacial score (nSPS) is 12.5. The highest BCUT2D eigenvalue weighted by Crippen LogP contribution is 2.34. The maximum Gasteiger partial charge on any atom is 0.255 e.